The van der Waals surface area contributed by atoms with E-state index in [0.29, 0.717) is 6.04 Å². The van der Waals surface area contributed by atoms with Crippen LogP contribution in [0, 0.1) is 12.8 Å². The highest BCUT2D eigenvalue weighted by atomic mass is 15.1. The molecule has 0 saturated heterocycles. The highest BCUT2D eigenvalue weighted by molar-refractivity contribution is 5.25. The number of nitrogens with one attached hydrogen (secondary N) is 1. The van der Waals surface area contributed by atoms with Crippen LogP contribution in [0.1, 0.15) is 37.9 Å². The van der Waals surface area contributed by atoms with Gasteiger partial charge in [0.25, 0.3) is 0 Å². The molecule has 2 nitrogen and oxygen atoms in total. The quantitative estimate of drug-likeness (QED) is 0.797. The minimum Gasteiger partial charge on any atom is -0.309 e. The van der Waals surface area contributed by atoms with Crippen LogP contribution in [0.4, 0.5) is 0 Å². The van der Waals surface area contributed by atoms with Gasteiger partial charge in [0, 0.05) is 19.1 Å². The van der Waals surface area contributed by atoms with Crippen LogP contribution in [0.2, 0.25) is 0 Å². The molecule has 0 fully saturated rings. The Morgan fingerprint density at radius 1 is 1.22 bits per heavy atom. The molecule has 0 amide bonds. The molecule has 102 valence electrons. The lowest BCUT2D eigenvalue weighted by Gasteiger charge is -2.26. The maximum atomic E-state index is 3.59. The number of rotatable bonds is 7. The van der Waals surface area contributed by atoms with Crippen LogP contribution in [-0.4, -0.2) is 31.6 Å². The van der Waals surface area contributed by atoms with Crippen molar-refractivity contribution in [2.24, 2.45) is 5.92 Å². The van der Waals surface area contributed by atoms with Crippen LogP contribution in [0.25, 0.3) is 0 Å². The summed E-state index contributed by atoms with van der Waals surface area (Å²) in [6.07, 6.45) is 0. The summed E-state index contributed by atoms with van der Waals surface area (Å²) in [5.74, 6) is 0.717. The van der Waals surface area contributed by atoms with Gasteiger partial charge in [-0.15, -0.1) is 0 Å². The first-order chi connectivity index (χ1) is 8.52. The lowest BCUT2D eigenvalue weighted by molar-refractivity contribution is 0.263. The van der Waals surface area contributed by atoms with Crippen LogP contribution >= 0.6 is 0 Å². The van der Waals surface area contributed by atoms with E-state index >= 15 is 0 Å². The van der Waals surface area contributed by atoms with E-state index in [9.17, 15) is 0 Å². The van der Waals surface area contributed by atoms with E-state index in [0.717, 1.165) is 25.6 Å². The normalized spacial score (nSPS) is 13.3. The SMILES string of the molecule is CCNC(CN(C)CC(C)C)c1cccc(C)c1. The Kier molecular flexibility index (Phi) is 6.37. The van der Waals surface area contributed by atoms with E-state index in [2.05, 4.69) is 69.2 Å². The molecule has 1 aromatic rings. The molecular formula is C16H28N2. The van der Waals surface area contributed by atoms with Gasteiger partial charge in [0.15, 0.2) is 0 Å². The van der Waals surface area contributed by atoms with Gasteiger partial charge in [-0.25, -0.2) is 0 Å². The van der Waals surface area contributed by atoms with Gasteiger partial charge >= 0.3 is 0 Å². The second-order valence-electron chi connectivity index (χ2n) is 5.64. The fraction of sp³-hybridized carbons (Fsp3) is 0.625. The van der Waals surface area contributed by atoms with E-state index in [1.165, 1.54) is 11.1 Å². The summed E-state index contributed by atoms with van der Waals surface area (Å²) in [5, 5.41) is 3.59. The van der Waals surface area contributed by atoms with Crippen molar-refractivity contribution in [1.29, 1.82) is 0 Å². The van der Waals surface area contributed by atoms with E-state index in [4.69, 9.17) is 0 Å². The Morgan fingerprint density at radius 2 is 1.94 bits per heavy atom. The van der Waals surface area contributed by atoms with Gasteiger partial charge in [-0.3, -0.25) is 0 Å². The van der Waals surface area contributed by atoms with Crippen LogP contribution in [0.3, 0.4) is 0 Å². The maximum absolute atomic E-state index is 3.59. The summed E-state index contributed by atoms with van der Waals surface area (Å²) >= 11 is 0. The lowest BCUT2D eigenvalue weighted by Crippen LogP contribution is -2.34. The monoisotopic (exact) mass is 248 g/mol. The molecule has 0 aromatic heterocycles. The molecule has 0 heterocycles. The molecule has 1 atom stereocenters. The summed E-state index contributed by atoms with van der Waals surface area (Å²) in [4.78, 5) is 2.42. The molecule has 1 N–H and O–H groups in total. The number of hydrogen-bond donors (Lipinski definition) is 1. The Balaban J connectivity index is 2.70. The van der Waals surface area contributed by atoms with E-state index in [1.807, 2.05) is 0 Å². The summed E-state index contributed by atoms with van der Waals surface area (Å²) in [6, 6.07) is 9.25. The van der Waals surface area contributed by atoms with Gasteiger partial charge in [-0.05, 0) is 32.0 Å². The number of nitrogens with zero attached hydrogens (tertiary/aromatic N) is 1. The average molecular weight is 248 g/mol. The van der Waals surface area contributed by atoms with Crippen molar-refractivity contribution in [3.05, 3.63) is 35.4 Å². The average Bonchev–Trinajstić information content (AvgIpc) is 2.27. The van der Waals surface area contributed by atoms with Crippen molar-refractivity contribution in [1.82, 2.24) is 10.2 Å². The number of likely N-dealkylation sites (N-methyl/N-ethyl adjacent to an activating group) is 2. The van der Waals surface area contributed by atoms with Crippen LogP contribution < -0.4 is 5.32 Å². The third-order valence-electron chi connectivity index (χ3n) is 3.07. The zero-order valence-electron chi connectivity index (χ0n) is 12.5. The fourth-order valence-corrected chi connectivity index (χ4v) is 2.43. The first-order valence-electron chi connectivity index (χ1n) is 7.01. The van der Waals surface area contributed by atoms with Crippen LogP contribution in [-0.2, 0) is 0 Å². The van der Waals surface area contributed by atoms with Gasteiger partial charge in [-0.2, -0.15) is 0 Å². The molecule has 0 radical (unpaired) electrons. The topological polar surface area (TPSA) is 15.3 Å². The highest BCUT2D eigenvalue weighted by Gasteiger charge is 2.13. The summed E-state index contributed by atoms with van der Waals surface area (Å²) in [6.45, 7) is 12.1. The van der Waals surface area contributed by atoms with Gasteiger partial charge in [-0.1, -0.05) is 50.6 Å². The second-order valence-corrected chi connectivity index (χ2v) is 5.64. The first-order valence-corrected chi connectivity index (χ1v) is 7.01. The van der Waals surface area contributed by atoms with E-state index < -0.39 is 0 Å². The molecule has 1 unspecified atom stereocenters. The molecule has 0 bridgehead atoms. The molecule has 1 rings (SSSR count). The number of hydrogen-bond acceptors (Lipinski definition) is 2. The molecular weight excluding hydrogens is 220 g/mol. The smallest absolute Gasteiger partial charge is 0.0449 e. The molecule has 0 aliphatic carbocycles. The zero-order chi connectivity index (χ0) is 13.5. The first kappa shape index (κ1) is 15.2. The Morgan fingerprint density at radius 3 is 2.50 bits per heavy atom. The summed E-state index contributed by atoms with van der Waals surface area (Å²) < 4.78 is 0. The molecule has 0 spiro atoms. The minimum absolute atomic E-state index is 0.429. The largest absolute Gasteiger partial charge is 0.309 e. The molecule has 2 heteroatoms. The lowest BCUT2D eigenvalue weighted by atomic mass is 10.0. The van der Waals surface area contributed by atoms with Crippen LogP contribution in [0.15, 0.2) is 24.3 Å². The Hall–Kier alpha value is -0.860. The molecule has 0 saturated carbocycles. The van der Waals surface area contributed by atoms with Crippen LogP contribution in [0.5, 0.6) is 0 Å². The standard InChI is InChI=1S/C16H28N2/c1-6-17-16(12-18(5)11-13(2)3)15-9-7-8-14(4)10-15/h7-10,13,16-17H,6,11-12H2,1-5H3. The molecule has 18 heavy (non-hydrogen) atoms. The van der Waals surface area contributed by atoms with Crippen molar-refractivity contribution in [3.63, 3.8) is 0 Å². The number of benzene rings is 1. The molecule has 0 aliphatic heterocycles. The molecule has 0 aliphatic rings. The third kappa shape index (κ3) is 5.19. The molecule has 1 aromatic carbocycles. The van der Waals surface area contributed by atoms with Crippen molar-refractivity contribution >= 4 is 0 Å². The van der Waals surface area contributed by atoms with Crippen molar-refractivity contribution in [3.8, 4) is 0 Å². The number of aryl methyl sites for hydroxylation is 1. The summed E-state index contributed by atoms with van der Waals surface area (Å²) in [7, 11) is 2.21. The minimum atomic E-state index is 0.429. The van der Waals surface area contributed by atoms with Gasteiger partial charge in [0.2, 0.25) is 0 Å². The second kappa shape index (κ2) is 7.55. The highest BCUT2D eigenvalue weighted by Crippen LogP contribution is 2.16. The van der Waals surface area contributed by atoms with Crippen molar-refractivity contribution in [2.45, 2.75) is 33.7 Å². The van der Waals surface area contributed by atoms with Crippen molar-refractivity contribution in [2.75, 3.05) is 26.7 Å². The summed E-state index contributed by atoms with van der Waals surface area (Å²) in [5.41, 5.74) is 2.73. The van der Waals surface area contributed by atoms with E-state index in [-0.39, 0.29) is 0 Å². The van der Waals surface area contributed by atoms with Gasteiger partial charge < -0.3 is 10.2 Å². The van der Waals surface area contributed by atoms with Gasteiger partial charge in [0.05, 0.1) is 0 Å². The Labute approximate surface area is 112 Å². The predicted octanol–water partition coefficient (Wildman–Crippen LogP) is 3.23. The van der Waals surface area contributed by atoms with E-state index in [1.54, 1.807) is 0 Å². The Bertz CT molecular complexity index is 347. The maximum Gasteiger partial charge on any atom is 0.0449 e. The van der Waals surface area contributed by atoms with Gasteiger partial charge in [0.1, 0.15) is 0 Å². The van der Waals surface area contributed by atoms with Crippen molar-refractivity contribution < 1.29 is 0 Å². The predicted molar refractivity (Wildman–Crippen MR) is 79.9 cm³/mol. The zero-order valence-corrected chi connectivity index (χ0v) is 12.5. The third-order valence-corrected chi connectivity index (χ3v) is 3.07. The fourth-order valence-electron chi connectivity index (χ4n) is 2.43.